The van der Waals surface area contributed by atoms with Gasteiger partial charge in [-0.2, -0.15) is 0 Å². The Morgan fingerprint density at radius 3 is 2.67 bits per heavy atom. The predicted molar refractivity (Wildman–Crippen MR) is 173 cm³/mol. The van der Waals surface area contributed by atoms with Crippen LogP contribution in [0.5, 0.6) is 11.5 Å². The fourth-order valence-electron chi connectivity index (χ4n) is 5.68. The van der Waals surface area contributed by atoms with Crippen LogP contribution in [0.4, 0.5) is 11.4 Å². The smallest absolute Gasteiger partial charge is 0.174 e. The highest BCUT2D eigenvalue weighted by Crippen LogP contribution is 2.50. The lowest BCUT2D eigenvalue weighted by Gasteiger charge is -2.37. The number of hydrogen-bond donors (Lipinski definition) is 1. The topological polar surface area (TPSA) is 42.8 Å². The van der Waals surface area contributed by atoms with E-state index in [0.717, 1.165) is 26.8 Å². The first-order chi connectivity index (χ1) is 19.5. The molecular formula is C34H30ClIN2O2. The van der Waals surface area contributed by atoms with Crippen LogP contribution in [0.2, 0.25) is 5.02 Å². The summed E-state index contributed by atoms with van der Waals surface area (Å²) >= 11 is 8.57. The molecule has 1 aliphatic carbocycles. The van der Waals surface area contributed by atoms with Crippen molar-refractivity contribution < 1.29 is 9.47 Å². The summed E-state index contributed by atoms with van der Waals surface area (Å²) in [5.74, 6) is 2.35. The molecule has 40 heavy (non-hydrogen) atoms. The van der Waals surface area contributed by atoms with Crippen molar-refractivity contribution in [3.8, 4) is 11.5 Å². The van der Waals surface area contributed by atoms with Crippen molar-refractivity contribution in [2.45, 2.75) is 31.9 Å². The van der Waals surface area contributed by atoms with Gasteiger partial charge >= 0.3 is 0 Å². The minimum Gasteiger partial charge on any atom is -0.493 e. The number of aliphatic imine (C=N–C) groups is 1. The van der Waals surface area contributed by atoms with Crippen LogP contribution >= 0.6 is 34.2 Å². The molecule has 6 rings (SSSR count). The average molecular weight is 661 g/mol. The van der Waals surface area contributed by atoms with E-state index in [1.54, 1.807) is 7.11 Å². The lowest BCUT2D eigenvalue weighted by Crippen LogP contribution is -2.29. The number of rotatable bonds is 7. The molecule has 1 aliphatic heterocycles. The van der Waals surface area contributed by atoms with Crippen LogP contribution in [0.1, 0.15) is 46.2 Å². The Morgan fingerprint density at radius 2 is 1.88 bits per heavy atom. The molecule has 4 aromatic rings. The number of methoxy groups -OCH3 is 1. The van der Waals surface area contributed by atoms with E-state index in [2.05, 4.69) is 89.4 Å². The van der Waals surface area contributed by atoms with E-state index in [-0.39, 0.29) is 6.04 Å². The standard InChI is InChI=1S/C34H30ClIN2O2/c1-21-10-15-31-28(16-21)26-7-5-8-27(26)33(38-31)23-11-13-25(14-12-23)37-19-22-17-30(36)34(32(18-22)39-2)40-20-24-6-3-4-9-29(24)35/h3-7,9-19,26-27,33,38H,8,20H2,1-2H3/t26-,27+,33+/m1/s1. The van der Waals surface area contributed by atoms with E-state index in [1.807, 2.05) is 42.6 Å². The third-order valence-electron chi connectivity index (χ3n) is 7.71. The maximum atomic E-state index is 6.29. The summed E-state index contributed by atoms with van der Waals surface area (Å²) in [6.07, 6.45) is 7.68. The van der Waals surface area contributed by atoms with Gasteiger partial charge in [-0.1, -0.05) is 71.8 Å². The second kappa shape index (κ2) is 11.7. The zero-order valence-electron chi connectivity index (χ0n) is 22.4. The molecule has 0 spiro atoms. The van der Waals surface area contributed by atoms with Crippen molar-refractivity contribution in [2.24, 2.45) is 10.9 Å². The Morgan fingerprint density at radius 1 is 1.05 bits per heavy atom. The van der Waals surface area contributed by atoms with Crippen molar-refractivity contribution in [1.82, 2.24) is 0 Å². The number of aryl methyl sites for hydroxylation is 1. The molecule has 0 saturated carbocycles. The molecule has 4 aromatic carbocycles. The first kappa shape index (κ1) is 26.9. The normalized spacial score (nSPS) is 19.2. The second-order valence-electron chi connectivity index (χ2n) is 10.3. The first-order valence-electron chi connectivity index (χ1n) is 13.4. The van der Waals surface area contributed by atoms with E-state index in [0.29, 0.717) is 35.0 Å². The number of fused-ring (bicyclic) bond motifs is 3. The molecule has 0 aromatic heterocycles. The number of benzene rings is 4. The van der Waals surface area contributed by atoms with Crippen LogP contribution < -0.4 is 14.8 Å². The molecule has 0 bridgehead atoms. The van der Waals surface area contributed by atoms with Gasteiger partial charge in [0.1, 0.15) is 6.61 Å². The number of nitrogens with one attached hydrogen (secondary N) is 1. The van der Waals surface area contributed by atoms with Crippen LogP contribution in [-0.2, 0) is 6.61 Å². The quantitative estimate of drug-likeness (QED) is 0.122. The van der Waals surface area contributed by atoms with Crippen LogP contribution in [0.25, 0.3) is 0 Å². The zero-order valence-corrected chi connectivity index (χ0v) is 25.3. The summed E-state index contributed by atoms with van der Waals surface area (Å²) in [4.78, 5) is 4.75. The fraction of sp³-hybridized carbons (Fsp3) is 0.206. The number of anilines is 1. The molecule has 3 atom stereocenters. The van der Waals surface area contributed by atoms with Gasteiger partial charge in [0, 0.05) is 28.4 Å². The van der Waals surface area contributed by atoms with Crippen LogP contribution in [0.3, 0.4) is 0 Å². The molecule has 4 nitrogen and oxygen atoms in total. The second-order valence-corrected chi connectivity index (χ2v) is 11.9. The van der Waals surface area contributed by atoms with Gasteiger partial charge in [0.2, 0.25) is 0 Å². The molecule has 0 amide bonds. The van der Waals surface area contributed by atoms with Crippen LogP contribution in [0, 0.1) is 16.4 Å². The maximum absolute atomic E-state index is 6.29. The van der Waals surface area contributed by atoms with Crippen molar-refractivity contribution in [3.05, 3.63) is 127 Å². The predicted octanol–water partition coefficient (Wildman–Crippen LogP) is 9.42. The summed E-state index contributed by atoms with van der Waals surface area (Å²) in [6.45, 7) is 2.53. The molecule has 0 fully saturated rings. The van der Waals surface area contributed by atoms with Crippen molar-refractivity contribution in [2.75, 3.05) is 12.4 Å². The molecule has 202 valence electrons. The average Bonchev–Trinajstić information content (AvgIpc) is 3.47. The van der Waals surface area contributed by atoms with Crippen LogP contribution in [-0.4, -0.2) is 13.3 Å². The van der Waals surface area contributed by atoms with Crippen molar-refractivity contribution in [3.63, 3.8) is 0 Å². The molecule has 0 radical (unpaired) electrons. The summed E-state index contributed by atoms with van der Waals surface area (Å²) in [6, 6.07) is 27.3. The highest BCUT2D eigenvalue weighted by atomic mass is 127. The summed E-state index contributed by atoms with van der Waals surface area (Å²) < 4.78 is 12.7. The Bertz CT molecular complexity index is 1600. The molecule has 0 saturated heterocycles. The molecule has 6 heteroatoms. The largest absolute Gasteiger partial charge is 0.493 e. The summed E-state index contributed by atoms with van der Waals surface area (Å²) in [5.41, 5.74) is 8.04. The SMILES string of the molecule is COc1cc(C=Nc2ccc([C@@H]3Nc4ccc(C)cc4[C@@H]4C=CC[C@@H]43)cc2)cc(I)c1OCc1ccccc1Cl. The van der Waals surface area contributed by atoms with E-state index < -0.39 is 0 Å². The minimum atomic E-state index is 0.275. The Labute approximate surface area is 254 Å². The fourth-order valence-corrected chi connectivity index (χ4v) is 6.65. The highest BCUT2D eigenvalue weighted by molar-refractivity contribution is 14.1. The van der Waals surface area contributed by atoms with Gasteiger partial charge < -0.3 is 14.8 Å². The van der Waals surface area contributed by atoms with Gasteiger partial charge in [0.25, 0.3) is 0 Å². The molecule has 0 unspecified atom stereocenters. The lowest BCUT2D eigenvalue weighted by molar-refractivity contribution is 0.282. The van der Waals surface area contributed by atoms with Gasteiger partial charge in [0.15, 0.2) is 11.5 Å². The van der Waals surface area contributed by atoms with E-state index >= 15 is 0 Å². The van der Waals surface area contributed by atoms with Crippen LogP contribution in [0.15, 0.2) is 96.0 Å². The monoisotopic (exact) mass is 660 g/mol. The molecular weight excluding hydrogens is 631 g/mol. The number of nitrogens with zero attached hydrogens (tertiary/aromatic N) is 1. The van der Waals surface area contributed by atoms with Gasteiger partial charge in [-0.3, -0.25) is 4.99 Å². The van der Waals surface area contributed by atoms with Gasteiger partial charge in [0.05, 0.1) is 22.4 Å². The number of halogens is 2. The van der Waals surface area contributed by atoms with E-state index in [1.165, 1.54) is 22.4 Å². The van der Waals surface area contributed by atoms with E-state index in [4.69, 9.17) is 26.1 Å². The number of ether oxygens (including phenoxy) is 2. The Balaban J connectivity index is 1.17. The van der Waals surface area contributed by atoms with Gasteiger partial charge in [-0.15, -0.1) is 0 Å². The minimum absolute atomic E-state index is 0.275. The molecule has 1 N–H and O–H groups in total. The zero-order chi connectivity index (χ0) is 27.6. The van der Waals surface area contributed by atoms with E-state index in [9.17, 15) is 0 Å². The molecule has 1 heterocycles. The van der Waals surface area contributed by atoms with Gasteiger partial charge in [-0.05, 0) is 94.9 Å². The molecule has 2 aliphatic rings. The maximum Gasteiger partial charge on any atom is 0.174 e. The van der Waals surface area contributed by atoms with Crippen molar-refractivity contribution in [1.29, 1.82) is 0 Å². The lowest BCUT2D eigenvalue weighted by atomic mass is 9.76. The Hall–Kier alpha value is -3.29. The third kappa shape index (κ3) is 5.50. The highest BCUT2D eigenvalue weighted by Gasteiger charge is 2.37. The van der Waals surface area contributed by atoms with Crippen molar-refractivity contribution >= 4 is 51.8 Å². The Kier molecular flexibility index (Phi) is 7.85. The first-order valence-corrected chi connectivity index (χ1v) is 14.9. The number of hydrogen-bond acceptors (Lipinski definition) is 4. The third-order valence-corrected chi connectivity index (χ3v) is 8.88. The number of allylic oxidation sites excluding steroid dienone is 2. The summed E-state index contributed by atoms with van der Waals surface area (Å²) in [5, 5.41) is 4.51. The summed E-state index contributed by atoms with van der Waals surface area (Å²) in [7, 11) is 1.65. The van der Waals surface area contributed by atoms with Gasteiger partial charge in [-0.25, -0.2) is 0 Å².